The molecule has 0 saturated carbocycles. The van der Waals surface area contributed by atoms with Gasteiger partial charge in [0.1, 0.15) is 0 Å². The molecule has 0 aliphatic heterocycles. The molecule has 0 aliphatic rings. The average molecular weight is 296 g/mol. The molecule has 0 aliphatic carbocycles. The third-order valence-electron chi connectivity index (χ3n) is 2.65. The monoisotopic (exact) mass is 295 g/mol. The van der Waals surface area contributed by atoms with Crippen molar-refractivity contribution < 1.29 is 4.79 Å². The summed E-state index contributed by atoms with van der Waals surface area (Å²) in [7, 11) is 2.01. The average Bonchev–Trinajstić information content (AvgIpc) is 2.29. The summed E-state index contributed by atoms with van der Waals surface area (Å²) >= 11 is 3.39. The molecular formula is C14H18BrNO. The summed E-state index contributed by atoms with van der Waals surface area (Å²) in [6.45, 7) is 6.23. The largest absolute Gasteiger partial charge is 0.374 e. The molecule has 0 N–H and O–H groups in total. The van der Waals surface area contributed by atoms with Gasteiger partial charge in [0.05, 0.1) is 0 Å². The standard InChI is InChI=1S/C14H18BrNO/c1-4-5-6-9-16(3)14-8-7-12(15)10-13(14)11(2)17/h4,7-8,10H,1,5-6,9H2,2-3H3. The van der Waals surface area contributed by atoms with Crippen LogP contribution in [0, 0.1) is 0 Å². The predicted molar refractivity (Wildman–Crippen MR) is 76.8 cm³/mol. The van der Waals surface area contributed by atoms with Crippen LogP contribution in [-0.4, -0.2) is 19.4 Å². The molecule has 2 nitrogen and oxygen atoms in total. The molecular weight excluding hydrogens is 278 g/mol. The number of Topliss-reactive ketones (excluding diaryl/α,β-unsaturated/α-hetero) is 1. The zero-order valence-corrected chi connectivity index (χ0v) is 12.0. The maximum atomic E-state index is 11.6. The van der Waals surface area contributed by atoms with Crippen LogP contribution in [0.15, 0.2) is 35.3 Å². The smallest absolute Gasteiger partial charge is 0.161 e. The van der Waals surface area contributed by atoms with Gasteiger partial charge < -0.3 is 4.90 Å². The minimum absolute atomic E-state index is 0.0943. The number of anilines is 1. The molecule has 3 heteroatoms. The topological polar surface area (TPSA) is 20.3 Å². The summed E-state index contributed by atoms with van der Waals surface area (Å²) in [6.07, 6.45) is 3.96. The maximum absolute atomic E-state index is 11.6. The fourth-order valence-electron chi connectivity index (χ4n) is 1.72. The molecule has 1 rings (SSSR count). The number of allylic oxidation sites excluding steroid dienone is 1. The second-order valence-electron chi connectivity index (χ2n) is 4.07. The summed E-state index contributed by atoms with van der Waals surface area (Å²) < 4.78 is 0.936. The molecule has 0 fully saturated rings. The highest BCUT2D eigenvalue weighted by Gasteiger charge is 2.11. The number of hydrogen-bond donors (Lipinski definition) is 0. The summed E-state index contributed by atoms with van der Waals surface area (Å²) in [5.41, 5.74) is 1.75. The first-order valence-corrected chi connectivity index (χ1v) is 6.48. The van der Waals surface area contributed by atoms with E-state index in [1.807, 2.05) is 31.3 Å². The second kappa shape index (κ2) is 6.60. The molecule has 0 amide bonds. The molecule has 92 valence electrons. The van der Waals surface area contributed by atoms with Gasteiger partial charge in [-0.1, -0.05) is 22.0 Å². The maximum Gasteiger partial charge on any atom is 0.161 e. The molecule has 0 bridgehead atoms. The number of carbonyl (C=O) groups is 1. The van der Waals surface area contributed by atoms with E-state index in [0.717, 1.165) is 35.1 Å². The molecule has 0 saturated heterocycles. The van der Waals surface area contributed by atoms with Crippen LogP contribution in [0.3, 0.4) is 0 Å². The van der Waals surface area contributed by atoms with Gasteiger partial charge >= 0.3 is 0 Å². The van der Waals surface area contributed by atoms with Crippen LogP contribution in [0.5, 0.6) is 0 Å². The molecule has 0 aromatic heterocycles. The Labute approximate surface area is 111 Å². The molecule has 1 aromatic rings. The van der Waals surface area contributed by atoms with Crippen LogP contribution in [0.4, 0.5) is 5.69 Å². The van der Waals surface area contributed by atoms with Gasteiger partial charge in [-0.3, -0.25) is 4.79 Å². The Hall–Kier alpha value is -1.09. The lowest BCUT2D eigenvalue weighted by molar-refractivity contribution is 0.101. The Morgan fingerprint density at radius 2 is 2.24 bits per heavy atom. The number of halogens is 1. The van der Waals surface area contributed by atoms with Crippen molar-refractivity contribution in [3.63, 3.8) is 0 Å². The van der Waals surface area contributed by atoms with Gasteiger partial charge in [-0.05, 0) is 38.0 Å². The zero-order valence-electron chi connectivity index (χ0n) is 10.4. The number of hydrogen-bond acceptors (Lipinski definition) is 2. The zero-order chi connectivity index (χ0) is 12.8. The Morgan fingerprint density at radius 1 is 1.53 bits per heavy atom. The molecule has 17 heavy (non-hydrogen) atoms. The van der Waals surface area contributed by atoms with Crippen molar-refractivity contribution >= 4 is 27.4 Å². The molecule has 0 radical (unpaired) electrons. The Morgan fingerprint density at radius 3 is 2.82 bits per heavy atom. The highest BCUT2D eigenvalue weighted by molar-refractivity contribution is 9.10. The molecule has 0 unspecified atom stereocenters. The van der Waals surface area contributed by atoms with Gasteiger partial charge in [-0.15, -0.1) is 6.58 Å². The highest BCUT2D eigenvalue weighted by Crippen LogP contribution is 2.24. The first-order chi connectivity index (χ1) is 8.06. The van der Waals surface area contributed by atoms with E-state index in [1.165, 1.54) is 0 Å². The third kappa shape index (κ3) is 4.00. The van der Waals surface area contributed by atoms with Crippen molar-refractivity contribution in [1.82, 2.24) is 0 Å². The normalized spacial score (nSPS) is 10.1. The second-order valence-corrected chi connectivity index (χ2v) is 4.99. The van der Waals surface area contributed by atoms with Crippen molar-refractivity contribution in [2.45, 2.75) is 19.8 Å². The lowest BCUT2D eigenvalue weighted by atomic mass is 10.1. The number of unbranched alkanes of at least 4 members (excludes halogenated alkanes) is 1. The van der Waals surface area contributed by atoms with Gasteiger partial charge in [0.15, 0.2) is 5.78 Å². The number of ketones is 1. The quantitative estimate of drug-likeness (QED) is 0.448. The summed E-state index contributed by atoms with van der Waals surface area (Å²) in [5.74, 6) is 0.0943. The molecule has 1 aromatic carbocycles. The van der Waals surface area contributed by atoms with E-state index in [4.69, 9.17) is 0 Å². The Kier molecular flexibility index (Phi) is 5.42. The third-order valence-corrected chi connectivity index (χ3v) is 3.14. The fraction of sp³-hybridized carbons (Fsp3) is 0.357. The lowest BCUT2D eigenvalue weighted by Crippen LogP contribution is -2.20. The van der Waals surface area contributed by atoms with E-state index >= 15 is 0 Å². The fourth-order valence-corrected chi connectivity index (χ4v) is 2.08. The van der Waals surface area contributed by atoms with Gasteiger partial charge in [0, 0.05) is 29.3 Å². The highest BCUT2D eigenvalue weighted by atomic mass is 79.9. The van der Waals surface area contributed by atoms with E-state index < -0.39 is 0 Å². The van der Waals surface area contributed by atoms with Crippen molar-refractivity contribution in [2.75, 3.05) is 18.5 Å². The number of rotatable bonds is 6. The van der Waals surface area contributed by atoms with Crippen LogP contribution >= 0.6 is 15.9 Å². The van der Waals surface area contributed by atoms with Gasteiger partial charge in [0.2, 0.25) is 0 Å². The van der Waals surface area contributed by atoms with Crippen molar-refractivity contribution in [3.05, 3.63) is 40.9 Å². The summed E-state index contributed by atoms with van der Waals surface area (Å²) in [6, 6.07) is 5.82. The Bertz CT molecular complexity index is 415. The van der Waals surface area contributed by atoms with Crippen molar-refractivity contribution in [3.8, 4) is 0 Å². The van der Waals surface area contributed by atoms with E-state index in [2.05, 4.69) is 27.4 Å². The van der Waals surface area contributed by atoms with Gasteiger partial charge in [0.25, 0.3) is 0 Å². The van der Waals surface area contributed by atoms with Crippen LogP contribution in [-0.2, 0) is 0 Å². The van der Waals surface area contributed by atoms with Gasteiger partial charge in [-0.25, -0.2) is 0 Å². The van der Waals surface area contributed by atoms with Gasteiger partial charge in [-0.2, -0.15) is 0 Å². The minimum Gasteiger partial charge on any atom is -0.374 e. The molecule has 0 atom stereocenters. The Balaban J connectivity index is 2.88. The number of nitrogens with zero attached hydrogens (tertiary/aromatic N) is 1. The van der Waals surface area contributed by atoms with E-state index in [0.29, 0.717) is 0 Å². The summed E-state index contributed by atoms with van der Waals surface area (Å²) in [5, 5.41) is 0. The van der Waals surface area contributed by atoms with Crippen LogP contribution in [0.2, 0.25) is 0 Å². The SMILES string of the molecule is C=CCCCN(C)c1ccc(Br)cc1C(C)=O. The lowest BCUT2D eigenvalue weighted by Gasteiger charge is -2.21. The molecule has 0 heterocycles. The van der Waals surface area contributed by atoms with Crippen LogP contribution in [0.25, 0.3) is 0 Å². The number of benzene rings is 1. The van der Waals surface area contributed by atoms with E-state index in [9.17, 15) is 4.79 Å². The molecule has 0 spiro atoms. The number of carbonyl (C=O) groups excluding carboxylic acids is 1. The first kappa shape index (κ1) is 14.0. The first-order valence-electron chi connectivity index (χ1n) is 5.68. The van der Waals surface area contributed by atoms with Crippen molar-refractivity contribution in [1.29, 1.82) is 0 Å². The van der Waals surface area contributed by atoms with Crippen LogP contribution in [0.1, 0.15) is 30.1 Å². The van der Waals surface area contributed by atoms with E-state index in [1.54, 1.807) is 6.92 Å². The minimum atomic E-state index is 0.0943. The van der Waals surface area contributed by atoms with E-state index in [-0.39, 0.29) is 5.78 Å². The van der Waals surface area contributed by atoms with Crippen molar-refractivity contribution in [2.24, 2.45) is 0 Å². The summed E-state index contributed by atoms with van der Waals surface area (Å²) in [4.78, 5) is 13.7. The van der Waals surface area contributed by atoms with Crippen LogP contribution < -0.4 is 4.90 Å². The predicted octanol–water partition coefficient (Wildman–Crippen LogP) is 4.05.